The van der Waals surface area contributed by atoms with Gasteiger partial charge in [0.2, 0.25) is 0 Å². The van der Waals surface area contributed by atoms with E-state index in [1.807, 2.05) is 0 Å². The second-order valence-corrected chi connectivity index (χ2v) is 4.12. The van der Waals surface area contributed by atoms with Crippen LogP contribution in [0.15, 0.2) is 24.3 Å². The van der Waals surface area contributed by atoms with Crippen LogP contribution < -0.4 is 0 Å². The normalized spacial score (nSPS) is 11.2. The minimum Gasteiger partial charge on any atom is -0.480 e. The van der Waals surface area contributed by atoms with Crippen LogP contribution in [-0.4, -0.2) is 34.6 Å². The van der Waals surface area contributed by atoms with Gasteiger partial charge in [-0.1, -0.05) is 23.7 Å². The van der Waals surface area contributed by atoms with Crippen LogP contribution in [0, 0.1) is 0 Å². The Bertz CT molecular complexity index is 490. The Balaban J connectivity index is 2.92. The third kappa shape index (κ3) is 4.78. The van der Waals surface area contributed by atoms with Gasteiger partial charge in [0, 0.05) is 11.6 Å². The molecule has 0 unspecified atom stereocenters. The highest BCUT2D eigenvalue weighted by atomic mass is 35.5. The number of carbonyl (C=O) groups excluding carboxylic acids is 1. The van der Waals surface area contributed by atoms with Gasteiger partial charge in [0.05, 0.1) is 0 Å². The Morgan fingerprint density at radius 3 is 2.42 bits per heavy atom. The Morgan fingerprint density at radius 2 is 1.95 bits per heavy atom. The van der Waals surface area contributed by atoms with E-state index in [1.54, 1.807) is 0 Å². The average Bonchev–Trinajstić information content (AvgIpc) is 2.25. The number of hydrogen-bond acceptors (Lipinski definition) is 2. The van der Waals surface area contributed by atoms with Gasteiger partial charge in [0.1, 0.15) is 6.54 Å². The number of nitrogens with zero attached hydrogens (tertiary/aromatic N) is 1. The van der Waals surface area contributed by atoms with Crippen molar-refractivity contribution in [2.45, 2.75) is 12.7 Å². The first kappa shape index (κ1) is 15.3. The smallest absolute Gasteiger partial charge is 0.471 e. The first-order chi connectivity index (χ1) is 8.70. The first-order valence-corrected chi connectivity index (χ1v) is 5.40. The summed E-state index contributed by atoms with van der Waals surface area (Å²) in [6, 6.07) is 5.82. The van der Waals surface area contributed by atoms with E-state index in [0.717, 1.165) is 0 Å². The maximum absolute atomic E-state index is 12.3. The number of hydrogen-bond donors (Lipinski definition) is 1. The summed E-state index contributed by atoms with van der Waals surface area (Å²) in [7, 11) is 0. The molecule has 0 atom stereocenters. The van der Waals surface area contributed by atoms with E-state index in [4.69, 9.17) is 16.7 Å². The van der Waals surface area contributed by atoms with E-state index in [0.29, 0.717) is 5.56 Å². The van der Waals surface area contributed by atoms with Crippen molar-refractivity contribution in [3.05, 3.63) is 34.9 Å². The number of aliphatic carboxylic acids is 1. The van der Waals surface area contributed by atoms with Gasteiger partial charge >= 0.3 is 18.1 Å². The summed E-state index contributed by atoms with van der Waals surface area (Å²) in [5, 5.41) is 8.83. The molecular formula is C11H9ClF3NO3. The van der Waals surface area contributed by atoms with Crippen molar-refractivity contribution in [2.75, 3.05) is 6.54 Å². The molecule has 1 N–H and O–H groups in total. The molecule has 0 aliphatic rings. The van der Waals surface area contributed by atoms with Crippen molar-refractivity contribution in [3.8, 4) is 0 Å². The molecule has 4 nitrogen and oxygen atoms in total. The Morgan fingerprint density at radius 1 is 1.32 bits per heavy atom. The standard InChI is InChI=1S/C11H9ClF3NO3/c12-8-3-1-2-7(4-8)5-16(6-9(17)18)10(19)11(13,14)15/h1-4H,5-6H2,(H,17,18). The number of halogens is 4. The van der Waals surface area contributed by atoms with Gasteiger partial charge in [-0.25, -0.2) is 0 Å². The fourth-order valence-corrected chi connectivity index (χ4v) is 1.61. The van der Waals surface area contributed by atoms with Gasteiger partial charge in [-0.3, -0.25) is 9.59 Å². The molecule has 0 fully saturated rings. The van der Waals surface area contributed by atoms with Crippen molar-refractivity contribution < 1.29 is 27.9 Å². The number of alkyl halides is 3. The molecule has 0 radical (unpaired) electrons. The molecule has 0 heterocycles. The maximum Gasteiger partial charge on any atom is 0.471 e. The van der Waals surface area contributed by atoms with Crippen LogP contribution in [0.1, 0.15) is 5.56 Å². The summed E-state index contributed by atoms with van der Waals surface area (Å²) in [6.45, 7) is -1.52. The van der Waals surface area contributed by atoms with E-state index in [-0.39, 0.29) is 9.92 Å². The number of carboxylic acids is 1. The highest BCUT2D eigenvalue weighted by Gasteiger charge is 2.42. The second-order valence-electron chi connectivity index (χ2n) is 3.68. The fourth-order valence-electron chi connectivity index (χ4n) is 1.40. The van der Waals surface area contributed by atoms with E-state index >= 15 is 0 Å². The predicted molar refractivity (Wildman–Crippen MR) is 60.6 cm³/mol. The molecule has 0 aliphatic heterocycles. The molecule has 0 aromatic heterocycles. The first-order valence-electron chi connectivity index (χ1n) is 5.02. The fraction of sp³-hybridized carbons (Fsp3) is 0.273. The number of carboxylic acid groups (broad SMARTS) is 1. The molecule has 1 aromatic rings. The molecule has 19 heavy (non-hydrogen) atoms. The van der Waals surface area contributed by atoms with E-state index in [1.165, 1.54) is 24.3 Å². The van der Waals surface area contributed by atoms with Gasteiger partial charge < -0.3 is 10.0 Å². The molecule has 1 aromatic carbocycles. The third-order valence-corrected chi connectivity index (χ3v) is 2.35. The number of carbonyl (C=O) groups is 2. The lowest BCUT2D eigenvalue weighted by atomic mass is 10.2. The quantitative estimate of drug-likeness (QED) is 0.927. The highest BCUT2D eigenvalue weighted by Crippen LogP contribution is 2.20. The minimum absolute atomic E-state index is 0.202. The summed E-state index contributed by atoms with van der Waals surface area (Å²) < 4.78 is 37.0. The van der Waals surface area contributed by atoms with Gasteiger partial charge in [0.15, 0.2) is 0 Å². The number of amides is 1. The van der Waals surface area contributed by atoms with Crippen molar-refractivity contribution in [3.63, 3.8) is 0 Å². The highest BCUT2D eigenvalue weighted by molar-refractivity contribution is 6.30. The van der Waals surface area contributed by atoms with E-state index in [9.17, 15) is 22.8 Å². The number of rotatable bonds is 4. The van der Waals surface area contributed by atoms with Gasteiger partial charge in [0.25, 0.3) is 0 Å². The lowest BCUT2D eigenvalue weighted by Crippen LogP contribution is -2.43. The number of benzene rings is 1. The Kier molecular flexibility index (Phi) is 4.77. The summed E-state index contributed by atoms with van der Waals surface area (Å²) in [6.07, 6.45) is -5.12. The van der Waals surface area contributed by atoms with Crippen molar-refractivity contribution in [1.29, 1.82) is 0 Å². The molecule has 0 bridgehead atoms. The minimum atomic E-state index is -5.12. The van der Waals surface area contributed by atoms with Crippen molar-refractivity contribution in [2.24, 2.45) is 0 Å². The van der Waals surface area contributed by atoms with Gasteiger partial charge in [-0.15, -0.1) is 0 Å². The molecule has 0 spiro atoms. The second kappa shape index (κ2) is 5.92. The van der Waals surface area contributed by atoms with Crippen LogP contribution in [0.2, 0.25) is 5.02 Å². The molecule has 0 saturated carbocycles. The molecule has 1 amide bonds. The molecular weight excluding hydrogens is 287 g/mol. The summed E-state index contributed by atoms with van der Waals surface area (Å²) in [4.78, 5) is 21.8. The Hall–Kier alpha value is -1.76. The van der Waals surface area contributed by atoms with E-state index in [2.05, 4.69) is 0 Å². The molecule has 1 rings (SSSR count). The zero-order valence-electron chi connectivity index (χ0n) is 9.45. The molecule has 104 valence electrons. The van der Waals surface area contributed by atoms with Gasteiger partial charge in [-0.2, -0.15) is 13.2 Å². The molecule has 0 aliphatic carbocycles. The topological polar surface area (TPSA) is 57.6 Å². The van der Waals surface area contributed by atoms with E-state index < -0.39 is 31.1 Å². The zero-order chi connectivity index (χ0) is 14.6. The van der Waals surface area contributed by atoms with Crippen LogP contribution >= 0.6 is 11.6 Å². The van der Waals surface area contributed by atoms with Crippen molar-refractivity contribution >= 4 is 23.5 Å². The van der Waals surface area contributed by atoms with Crippen molar-refractivity contribution in [1.82, 2.24) is 4.90 Å². The maximum atomic E-state index is 12.3. The summed E-state index contributed by atoms with van der Waals surface area (Å²) >= 11 is 5.66. The lowest BCUT2D eigenvalue weighted by molar-refractivity contribution is -0.187. The monoisotopic (exact) mass is 295 g/mol. The third-order valence-electron chi connectivity index (χ3n) is 2.12. The molecule has 0 saturated heterocycles. The summed E-state index contributed by atoms with van der Waals surface area (Å²) in [5.74, 6) is -3.73. The van der Waals surface area contributed by atoms with Crippen LogP contribution in [-0.2, 0) is 16.1 Å². The van der Waals surface area contributed by atoms with Crippen LogP contribution in [0.5, 0.6) is 0 Å². The molecule has 8 heteroatoms. The van der Waals surface area contributed by atoms with Gasteiger partial charge in [-0.05, 0) is 17.7 Å². The largest absolute Gasteiger partial charge is 0.480 e. The average molecular weight is 296 g/mol. The predicted octanol–water partition coefficient (Wildman–Crippen LogP) is 2.32. The summed E-state index contributed by atoms with van der Waals surface area (Å²) in [5.41, 5.74) is 0.311. The Labute approximate surface area is 111 Å². The van der Waals surface area contributed by atoms with Crippen LogP contribution in [0.4, 0.5) is 13.2 Å². The zero-order valence-corrected chi connectivity index (χ0v) is 10.2. The lowest BCUT2D eigenvalue weighted by Gasteiger charge is -2.22. The van der Waals surface area contributed by atoms with Crippen LogP contribution in [0.3, 0.4) is 0 Å². The van der Waals surface area contributed by atoms with Crippen LogP contribution in [0.25, 0.3) is 0 Å². The SMILES string of the molecule is O=C(O)CN(Cc1cccc(Cl)c1)C(=O)C(F)(F)F.